The molecule has 0 nitrogen and oxygen atoms in total. The minimum absolute atomic E-state index is 0.306. The monoisotopic (exact) mass is 1150 g/mol. The van der Waals surface area contributed by atoms with E-state index < -0.39 is 0 Å². The summed E-state index contributed by atoms with van der Waals surface area (Å²) in [5.41, 5.74) is 0. The van der Waals surface area contributed by atoms with Crippen LogP contribution in [0.15, 0.2) is 156 Å². The molecule has 9 aromatic rings. The minimum Gasteiger partial charge on any atom is -0.0683 e. The van der Waals surface area contributed by atoms with E-state index in [4.69, 9.17) is 0 Å². The molecule has 0 saturated heterocycles. The van der Waals surface area contributed by atoms with Crippen LogP contribution in [0.2, 0.25) is 0 Å². The predicted molar refractivity (Wildman–Crippen MR) is 336 cm³/mol. The van der Waals surface area contributed by atoms with Crippen LogP contribution in [0.4, 0.5) is 0 Å². The molecule has 352 valence electrons. The lowest BCUT2D eigenvalue weighted by atomic mass is 9.99. The van der Waals surface area contributed by atoms with E-state index in [2.05, 4.69) is 140 Å². The molecule has 0 unspecified atom stereocenters. The third-order valence-corrected chi connectivity index (χ3v) is 33.5. The lowest BCUT2D eigenvalue weighted by Crippen LogP contribution is -1.85. The fourth-order valence-electron chi connectivity index (χ4n) is 8.72. The Morgan fingerprint density at radius 1 is 0.235 bits per heavy atom. The molecule has 0 aliphatic carbocycles. The summed E-state index contributed by atoms with van der Waals surface area (Å²) in [6.45, 7) is 24.0. The number of hydrogen-bond donors (Lipinski definition) is 0. The van der Waals surface area contributed by atoms with Crippen LogP contribution in [-0.2, 0) is 0 Å². The van der Waals surface area contributed by atoms with Gasteiger partial charge in [-0.1, -0.05) is 278 Å². The molecule has 0 aromatic heterocycles. The lowest BCUT2D eigenvalue weighted by molar-refractivity contribution is 1.36. The first kappa shape index (κ1) is 52.3. The summed E-state index contributed by atoms with van der Waals surface area (Å²) in [4.78, 5) is 17.7. The third-order valence-electron chi connectivity index (χ3n) is 11.0. The average molecular weight is 1150 g/mol. The highest BCUT2D eigenvalue weighted by atomic mass is 33.5. The van der Waals surface area contributed by atoms with E-state index in [9.17, 15) is 0 Å². The fourth-order valence-corrected chi connectivity index (χ4v) is 33.9. The van der Waals surface area contributed by atoms with Gasteiger partial charge in [0.25, 0.3) is 0 Å². The van der Waals surface area contributed by atoms with Crippen molar-refractivity contribution in [1.82, 2.24) is 0 Å². The second-order valence-electron chi connectivity index (χ2n) is 13.8. The van der Waals surface area contributed by atoms with E-state index in [1.807, 2.05) is 169 Å². The Morgan fingerprint density at radius 3 is 0.691 bits per heavy atom. The first-order chi connectivity index (χ1) is 33.8. The Labute approximate surface area is 453 Å². The van der Waals surface area contributed by atoms with Gasteiger partial charge in [0.15, 0.2) is 0 Å². The molecule has 68 heavy (non-hydrogen) atoms. The molecule has 0 spiro atoms. The van der Waals surface area contributed by atoms with E-state index >= 15 is 0 Å². The minimum atomic E-state index is 0.306. The number of hydrogen-bond acceptors (Lipinski definition) is 12. The molecule has 8 aliphatic rings. The van der Waals surface area contributed by atoms with Crippen LogP contribution < -0.4 is 0 Å². The molecule has 9 aromatic carbocycles. The molecule has 0 N–H and O–H groups in total. The Kier molecular flexibility index (Phi) is 17.6. The zero-order chi connectivity index (χ0) is 48.0. The standard InChI is InChI=1S/C18H8S4.C14H4S6.C10H4S4.6C2H6/c1-2-6-10-9(5-1)15-13-14-16(10)20-22-18(14)12-8-4-3-7-11(12)17(13)21-19-15;1-2-6-10-9-5(1)15-19-13(9)11-7(17-19)3-4-8-12(11)14(10)20(16-6)18-8;1-2-6-10-8(14-12-6)4-3-7-9(10)5(1)11-13-7;6*1-2/h1-8H;1-4H;1-4H;6*1-2H3. The number of rotatable bonds is 0. The topological polar surface area (TPSA) is 0 Å². The predicted octanol–water partition coefficient (Wildman–Crippen LogP) is 25.7. The summed E-state index contributed by atoms with van der Waals surface area (Å²) in [5, 5.41) is 18.1. The molecule has 17 rings (SSSR count). The Morgan fingerprint density at radius 2 is 0.456 bits per heavy atom. The van der Waals surface area contributed by atoms with Crippen molar-refractivity contribution in [3.63, 3.8) is 0 Å². The van der Waals surface area contributed by atoms with E-state index in [0.29, 0.717) is 17.1 Å². The first-order valence-corrected chi connectivity index (χ1v) is 39.9. The lowest BCUT2D eigenvalue weighted by Gasteiger charge is -2.10. The van der Waals surface area contributed by atoms with Gasteiger partial charge in [0, 0.05) is 111 Å². The Balaban J connectivity index is 0.000000117. The van der Waals surface area contributed by atoms with Crippen LogP contribution in [0.5, 0.6) is 0 Å². The zero-order valence-electron chi connectivity index (χ0n) is 40.0. The average Bonchev–Trinajstić information content (AvgIpc) is 4.29. The Hall–Kier alpha value is -0.560. The van der Waals surface area contributed by atoms with E-state index in [-0.39, 0.29) is 0 Å². The molecule has 0 amide bonds. The summed E-state index contributed by atoms with van der Waals surface area (Å²) < 4.78 is 3.35. The molecule has 8 heterocycles. The van der Waals surface area contributed by atoms with Crippen LogP contribution >= 0.6 is 147 Å². The van der Waals surface area contributed by atoms with Gasteiger partial charge in [0.05, 0.1) is 0 Å². The normalized spacial score (nSPS) is 15.1. The van der Waals surface area contributed by atoms with Gasteiger partial charge in [0.2, 0.25) is 0 Å². The van der Waals surface area contributed by atoms with Crippen LogP contribution in [-0.4, -0.2) is 0 Å². The zero-order valence-corrected chi connectivity index (χ0v) is 51.4. The van der Waals surface area contributed by atoms with Gasteiger partial charge in [-0.3, -0.25) is 0 Å². The maximum absolute atomic E-state index is 2.37. The molecule has 0 atom stereocenters. The summed E-state index contributed by atoms with van der Waals surface area (Å²) in [6.07, 6.45) is 0. The highest BCUT2D eigenvalue weighted by Crippen LogP contribution is 2.73. The molecule has 8 aliphatic heterocycles. The molecular formula is C54H52S14. The van der Waals surface area contributed by atoms with Crippen molar-refractivity contribution in [2.75, 3.05) is 0 Å². The second kappa shape index (κ2) is 22.9. The largest absolute Gasteiger partial charge is 0.0683 e. The van der Waals surface area contributed by atoms with Crippen LogP contribution in [0.3, 0.4) is 0 Å². The summed E-state index contributed by atoms with van der Waals surface area (Å²) >= 11 is 0. The summed E-state index contributed by atoms with van der Waals surface area (Å²) in [7, 11) is 24.3. The SMILES string of the molecule is CC.CC.CC.CC.CC.CC.c1cc2c3c(ccc4c3c1SS4)SS2.c1cc2c3c4c5c(ccc6c5c5c3c1SS=5S6)SS=4S2.c1ccc2c3c4c(c5ccccc5c5c4c(c2c1)SS5)SS3. The van der Waals surface area contributed by atoms with Crippen molar-refractivity contribution in [3.8, 4) is 0 Å². The van der Waals surface area contributed by atoms with Crippen LogP contribution in [0, 0.1) is 9.02 Å². The quantitative estimate of drug-likeness (QED) is 0.0807. The van der Waals surface area contributed by atoms with Gasteiger partial charge in [0.1, 0.15) is 0 Å². The van der Waals surface area contributed by atoms with E-state index in [0.717, 1.165) is 0 Å². The highest BCUT2D eigenvalue weighted by Gasteiger charge is 2.35. The van der Waals surface area contributed by atoms with Crippen molar-refractivity contribution >= 4 is 211 Å². The summed E-state index contributed by atoms with van der Waals surface area (Å²) in [5.74, 6) is 0. The maximum Gasteiger partial charge on any atom is 0.0368 e. The van der Waals surface area contributed by atoms with E-state index in [1.165, 1.54) is 102 Å². The molecule has 0 radical (unpaired) electrons. The van der Waals surface area contributed by atoms with Gasteiger partial charge in [-0.2, -0.15) is 0 Å². The van der Waals surface area contributed by atoms with Crippen molar-refractivity contribution in [2.45, 2.75) is 142 Å². The molecule has 0 fully saturated rings. The molecule has 14 heteroatoms. The maximum atomic E-state index is 2.37. The number of benzene rings is 9. The van der Waals surface area contributed by atoms with E-state index in [1.54, 1.807) is 30.6 Å². The molecular weight excluding hydrogens is 1100 g/mol. The van der Waals surface area contributed by atoms with Crippen LogP contribution in [0.25, 0.3) is 64.6 Å². The number of fused-ring (bicyclic) bond motifs is 6. The van der Waals surface area contributed by atoms with Gasteiger partial charge in [-0.15, -0.1) is 0 Å². The van der Waals surface area contributed by atoms with Crippen LogP contribution in [0.1, 0.15) is 83.1 Å². The molecule has 0 saturated carbocycles. The highest BCUT2D eigenvalue weighted by molar-refractivity contribution is 9.14. The van der Waals surface area contributed by atoms with Crippen molar-refractivity contribution < 1.29 is 0 Å². The van der Waals surface area contributed by atoms with Crippen molar-refractivity contribution in [2.24, 2.45) is 0 Å². The summed E-state index contributed by atoms with van der Waals surface area (Å²) in [6, 6.07) is 36.3. The van der Waals surface area contributed by atoms with Gasteiger partial charge < -0.3 is 0 Å². The fraction of sp³-hybridized carbons (Fsp3) is 0.222. The third kappa shape index (κ3) is 8.25. The Bertz CT molecular complexity index is 3170. The second-order valence-corrected chi connectivity index (χ2v) is 34.0. The van der Waals surface area contributed by atoms with Crippen molar-refractivity contribution in [3.05, 3.63) is 106 Å². The smallest absolute Gasteiger partial charge is 0.0368 e. The first-order valence-electron chi connectivity index (χ1n) is 23.5. The van der Waals surface area contributed by atoms with Gasteiger partial charge in [-0.25, -0.2) is 0 Å². The van der Waals surface area contributed by atoms with Gasteiger partial charge in [-0.05, 0) is 70.1 Å². The molecule has 0 bridgehead atoms. The van der Waals surface area contributed by atoms with Gasteiger partial charge >= 0.3 is 0 Å². The van der Waals surface area contributed by atoms with Crippen molar-refractivity contribution in [1.29, 1.82) is 0 Å².